The molecule has 2 rings (SSSR count). The van der Waals surface area contributed by atoms with Gasteiger partial charge in [0.25, 0.3) is 0 Å². The molecule has 0 radical (unpaired) electrons. The average Bonchev–Trinajstić information content (AvgIpc) is 2.41. The van der Waals surface area contributed by atoms with E-state index in [1.165, 1.54) is 5.56 Å². The predicted molar refractivity (Wildman–Crippen MR) is 77.5 cm³/mol. The van der Waals surface area contributed by atoms with Gasteiger partial charge in [0.1, 0.15) is 12.4 Å². The Bertz CT molecular complexity index is 523. The Morgan fingerprint density at radius 1 is 1.06 bits per heavy atom. The van der Waals surface area contributed by atoms with Gasteiger partial charge in [-0.3, -0.25) is 0 Å². The first kappa shape index (κ1) is 13.1. The topological polar surface area (TPSA) is 35.2 Å². The molecule has 0 aliphatic carbocycles. The first-order valence-electron chi connectivity index (χ1n) is 5.86. The number of ether oxygens (including phenoxy) is 1. The van der Waals surface area contributed by atoms with Crippen LogP contribution in [-0.4, -0.2) is 0 Å². The van der Waals surface area contributed by atoms with Crippen LogP contribution in [0.3, 0.4) is 0 Å². The Hall–Kier alpha value is -1.32. The third-order valence-electron chi connectivity index (χ3n) is 2.79. The standard InChI is InChI=1S/C15H16BrNO/c1-11-8-14(6-7-15(11)16)18-10-13-4-2-12(9-17)3-5-13/h2-8H,9-10,17H2,1H3. The van der Waals surface area contributed by atoms with Crippen LogP contribution >= 0.6 is 15.9 Å². The number of aryl methyl sites for hydroxylation is 1. The Morgan fingerprint density at radius 2 is 1.72 bits per heavy atom. The van der Waals surface area contributed by atoms with Gasteiger partial charge < -0.3 is 10.5 Å². The number of halogens is 1. The van der Waals surface area contributed by atoms with Crippen LogP contribution in [0.2, 0.25) is 0 Å². The molecule has 0 spiro atoms. The van der Waals surface area contributed by atoms with Crippen molar-refractivity contribution in [3.63, 3.8) is 0 Å². The molecular formula is C15H16BrNO. The molecule has 94 valence electrons. The smallest absolute Gasteiger partial charge is 0.120 e. The van der Waals surface area contributed by atoms with Gasteiger partial charge in [0.2, 0.25) is 0 Å². The van der Waals surface area contributed by atoms with Crippen LogP contribution in [0.1, 0.15) is 16.7 Å². The van der Waals surface area contributed by atoms with Gasteiger partial charge >= 0.3 is 0 Å². The van der Waals surface area contributed by atoms with Crippen molar-refractivity contribution in [3.05, 3.63) is 63.6 Å². The van der Waals surface area contributed by atoms with Crippen molar-refractivity contribution < 1.29 is 4.74 Å². The quantitative estimate of drug-likeness (QED) is 0.932. The third-order valence-corrected chi connectivity index (χ3v) is 3.68. The van der Waals surface area contributed by atoms with E-state index in [9.17, 15) is 0 Å². The van der Waals surface area contributed by atoms with E-state index in [1.807, 2.05) is 49.4 Å². The molecule has 0 bridgehead atoms. The molecule has 0 fully saturated rings. The fourth-order valence-electron chi connectivity index (χ4n) is 1.65. The minimum atomic E-state index is 0.575. The van der Waals surface area contributed by atoms with E-state index in [1.54, 1.807) is 0 Å². The summed E-state index contributed by atoms with van der Waals surface area (Å²) in [5.41, 5.74) is 9.02. The molecule has 0 aliphatic heterocycles. The SMILES string of the molecule is Cc1cc(OCc2ccc(CN)cc2)ccc1Br. The second kappa shape index (κ2) is 6.03. The highest BCUT2D eigenvalue weighted by Gasteiger charge is 1.99. The van der Waals surface area contributed by atoms with Crippen LogP contribution in [0.4, 0.5) is 0 Å². The van der Waals surface area contributed by atoms with Crippen molar-refractivity contribution in [1.29, 1.82) is 0 Å². The molecule has 2 N–H and O–H groups in total. The highest BCUT2D eigenvalue weighted by molar-refractivity contribution is 9.10. The Morgan fingerprint density at radius 3 is 2.33 bits per heavy atom. The maximum atomic E-state index is 5.75. The Balaban J connectivity index is 1.99. The highest BCUT2D eigenvalue weighted by Crippen LogP contribution is 2.22. The Labute approximate surface area is 116 Å². The molecule has 0 saturated heterocycles. The summed E-state index contributed by atoms with van der Waals surface area (Å²) in [6.45, 7) is 3.20. The van der Waals surface area contributed by atoms with Gasteiger partial charge in [-0.25, -0.2) is 0 Å². The van der Waals surface area contributed by atoms with Gasteiger partial charge in [0, 0.05) is 11.0 Å². The van der Waals surface area contributed by atoms with Crippen LogP contribution in [0.5, 0.6) is 5.75 Å². The molecule has 0 saturated carbocycles. The van der Waals surface area contributed by atoms with E-state index in [-0.39, 0.29) is 0 Å². The van der Waals surface area contributed by atoms with E-state index < -0.39 is 0 Å². The molecule has 0 unspecified atom stereocenters. The van der Waals surface area contributed by atoms with Crippen molar-refractivity contribution in [2.24, 2.45) is 5.73 Å². The van der Waals surface area contributed by atoms with Crippen LogP contribution in [0.25, 0.3) is 0 Å². The lowest BCUT2D eigenvalue weighted by atomic mass is 10.1. The van der Waals surface area contributed by atoms with Crippen LogP contribution in [-0.2, 0) is 13.2 Å². The third kappa shape index (κ3) is 3.34. The molecular weight excluding hydrogens is 290 g/mol. The molecule has 0 aromatic heterocycles. The molecule has 2 aromatic carbocycles. The summed E-state index contributed by atoms with van der Waals surface area (Å²) < 4.78 is 6.85. The molecule has 2 aromatic rings. The fraction of sp³-hybridized carbons (Fsp3) is 0.200. The first-order valence-corrected chi connectivity index (χ1v) is 6.65. The van der Waals surface area contributed by atoms with Crippen molar-refractivity contribution >= 4 is 15.9 Å². The van der Waals surface area contributed by atoms with Gasteiger partial charge in [0.05, 0.1) is 0 Å². The highest BCUT2D eigenvalue weighted by atomic mass is 79.9. The molecule has 3 heteroatoms. The van der Waals surface area contributed by atoms with Crippen molar-refractivity contribution in [2.45, 2.75) is 20.1 Å². The Kier molecular flexibility index (Phi) is 4.39. The summed E-state index contributed by atoms with van der Waals surface area (Å²) in [7, 11) is 0. The summed E-state index contributed by atoms with van der Waals surface area (Å²) in [6, 6.07) is 14.2. The summed E-state index contributed by atoms with van der Waals surface area (Å²) in [5, 5.41) is 0. The zero-order valence-corrected chi connectivity index (χ0v) is 11.9. The van der Waals surface area contributed by atoms with Crippen molar-refractivity contribution in [2.75, 3.05) is 0 Å². The van der Waals surface area contributed by atoms with Gasteiger partial charge in [-0.15, -0.1) is 0 Å². The average molecular weight is 306 g/mol. The first-order chi connectivity index (χ1) is 8.69. The van der Waals surface area contributed by atoms with Gasteiger partial charge in [-0.05, 0) is 41.8 Å². The summed E-state index contributed by atoms with van der Waals surface area (Å²) >= 11 is 3.47. The summed E-state index contributed by atoms with van der Waals surface area (Å²) in [4.78, 5) is 0. The van der Waals surface area contributed by atoms with Crippen molar-refractivity contribution in [1.82, 2.24) is 0 Å². The molecule has 0 atom stereocenters. The monoisotopic (exact) mass is 305 g/mol. The number of hydrogen-bond donors (Lipinski definition) is 1. The molecule has 18 heavy (non-hydrogen) atoms. The van der Waals surface area contributed by atoms with E-state index in [0.29, 0.717) is 13.2 Å². The molecule has 2 nitrogen and oxygen atoms in total. The molecule has 0 aliphatic rings. The van der Waals surface area contributed by atoms with E-state index >= 15 is 0 Å². The maximum Gasteiger partial charge on any atom is 0.120 e. The lowest BCUT2D eigenvalue weighted by molar-refractivity contribution is 0.306. The van der Waals surface area contributed by atoms with E-state index in [0.717, 1.165) is 21.3 Å². The van der Waals surface area contributed by atoms with Crippen LogP contribution in [0.15, 0.2) is 46.9 Å². The van der Waals surface area contributed by atoms with Gasteiger partial charge in [-0.2, -0.15) is 0 Å². The van der Waals surface area contributed by atoms with Crippen LogP contribution < -0.4 is 10.5 Å². The molecule has 0 amide bonds. The normalized spacial score (nSPS) is 10.4. The van der Waals surface area contributed by atoms with Gasteiger partial charge in [0.15, 0.2) is 0 Å². The summed E-state index contributed by atoms with van der Waals surface area (Å²) in [5.74, 6) is 0.888. The number of rotatable bonds is 4. The zero-order valence-electron chi connectivity index (χ0n) is 10.3. The number of hydrogen-bond acceptors (Lipinski definition) is 2. The molecule has 0 heterocycles. The lowest BCUT2D eigenvalue weighted by Crippen LogP contribution is -1.98. The lowest BCUT2D eigenvalue weighted by Gasteiger charge is -2.08. The predicted octanol–water partition coefficient (Wildman–Crippen LogP) is 3.80. The second-order valence-electron chi connectivity index (χ2n) is 4.22. The van der Waals surface area contributed by atoms with E-state index in [2.05, 4.69) is 15.9 Å². The second-order valence-corrected chi connectivity index (χ2v) is 5.07. The van der Waals surface area contributed by atoms with Crippen LogP contribution in [0, 0.1) is 6.92 Å². The number of nitrogens with two attached hydrogens (primary N) is 1. The number of benzene rings is 2. The zero-order chi connectivity index (χ0) is 13.0. The van der Waals surface area contributed by atoms with E-state index in [4.69, 9.17) is 10.5 Å². The van der Waals surface area contributed by atoms with Crippen molar-refractivity contribution in [3.8, 4) is 5.75 Å². The minimum Gasteiger partial charge on any atom is -0.489 e. The largest absolute Gasteiger partial charge is 0.489 e. The fourth-order valence-corrected chi connectivity index (χ4v) is 1.89. The summed E-state index contributed by atoms with van der Waals surface area (Å²) in [6.07, 6.45) is 0. The minimum absolute atomic E-state index is 0.575. The van der Waals surface area contributed by atoms with Gasteiger partial charge in [-0.1, -0.05) is 40.2 Å². The maximum absolute atomic E-state index is 5.75.